The van der Waals surface area contributed by atoms with Crippen LogP contribution < -0.4 is 5.32 Å². The molecule has 5 nitrogen and oxygen atoms in total. The fourth-order valence-corrected chi connectivity index (χ4v) is 9.96. The van der Waals surface area contributed by atoms with Gasteiger partial charge in [0.25, 0.3) is 0 Å². The minimum absolute atomic E-state index is 0.362. The van der Waals surface area contributed by atoms with Crippen molar-refractivity contribution >= 4 is 76.8 Å². The highest BCUT2D eigenvalue weighted by atomic mass is 15.2. The molecule has 2 aromatic heterocycles. The van der Waals surface area contributed by atoms with Gasteiger partial charge in [0.2, 0.25) is 0 Å². The van der Waals surface area contributed by atoms with Crippen LogP contribution in [-0.2, 0) is 0 Å². The van der Waals surface area contributed by atoms with Crippen molar-refractivity contribution in [2.45, 2.75) is 6.17 Å². The van der Waals surface area contributed by atoms with E-state index in [2.05, 4.69) is 221 Å². The summed E-state index contributed by atoms with van der Waals surface area (Å²) in [5, 5.41) is 13.4. The highest BCUT2D eigenvalue weighted by molar-refractivity contribution is 6.24. The smallest absolute Gasteiger partial charge is 0.159 e. The molecule has 0 radical (unpaired) electrons. The SMILES string of the molecule is c1ccc(C2=NC(c3cccc(-c4ccccc4)c3)NC(c3cc(-n4c5ccccc5c5cc6c7ccc8ccccc8c7n(-c7ccccc7)c6cc54)c4ccccc4c3)=N2)cc1. The van der Waals surface area contributed by atoms with E-state index in [1.807, 2.05) is 18.2 Å². The fourth-order valence-electron chi connectivity index (χ4n) is 9.96. The summed E-state index contributed by atoms with van der Waals surface area (Å²) < 4.78 is 4.93. The van der Waals surface area contributed by atoms with Gasteiger partial charge in [-0.05, 0) is 76.0 Å². The van der Waals surface area contributed by atoms with Crippen LogP contribution in [0.2, 0.25) is 0 Å². The Morgan fingerprint density at radius 2 is 1.02 bits per heavy atom. The van der Waals surface area contributed by atoms with Gasteiger partial charge in [0.1, 0.15) is 12.0 Å². The van der Waals surface area contributed by atoms with Crippen LogP contribution >= 0.6 is 0 Å². The van der Waals surface area contributed by atoms with Gasteiger partial charge in [-0.3, -0.25) is 0 Å². The Hall–Kier alpha value is -8.54. The predicted molar refractivity (Wildman–Crippen MR) is 267 cm³/mol. The summed E-state index contributed by atoms with van der Waals surface area (Å²) in [6.07, 6.45) is -0.362. The predicted octanol–water partition coefficient (Wildman–Crippen LogP) is 14.3. The molecular formula is C59H39N5. The zero-order chi connectivity index (χ0) is 42.1. The minimum atomic E-state index is -0.362. The Labute approximate surface area is 369 Å². The van der Waals surface area contributed by atoms with Crippen molar-refractivity contribution in [3.8, 4) is 22.5 Å². The standard InChI is InChI=1S/C59H39N5/c1-4-17-38(18-5-1)41-23-16-24-43(33-41)58-60-57(40-20-6-2-7-21-40)61-59(62-58)44-34-42-22-11-12-27-46(42)53(35-44)64-52-30-15-14-29-48(52)50-36-51-49-32-31-39-19-10-13-28-47(39)56(49)63(54(51)37-55(50)64)45-25-8-3-9-26-45/h1-37,58H,(H,60,61,62). The average molecular weight is 818 g/mol. The third-order valence-corrected chi connectivity index (χ3v) is 12.9. The lowest BCUT2D eigenvalue weighted by molar-refractivity contribution is 0.674. The fraction of sp³-hybridized carbons (Fsp3) is 0.0169. The number of fused-ring (bicyclic) bond motifs is 9. The Morgan fingerprint density at radius 3 is 1.83 bits per heavy atom. The summed E-state index contributed by atoms with van der Waals surface area (Å²) >= 11 is 0. The number of nitrogens with one attached hydrogen (secondary N) is 1. The maximum atomic E-state index is 5.31. The number of aromatic nitrogens is 2. The van der Waals surface area contributed by atoms with Crippen LogP contribution in [0.25, 0.3) is 87.7 Å². The van der Waals surface area contributed by atoms with Gasteiger partial charge in [0, 0.05) is 49.1 Å². The summed E-state index contributed by atoms with van der Waals surface area (Å²) in [5.74, 6) is 1.47. The maximum absolute atomic E-state index is 5.31. The second-order valence-electron chi connectivity index (χ2n) is 16.6. The second-order valence-corrected chi connectivity index (χ2v) is 16.6. The molecule has 13 rings (SSSR count). The van der Waals surface area contributed by atoms with E-state index in [0.717, 1.165) is 66.8 Å². The molecule has 0 saturated heterocycles. The summed E-state index contributed by atoms with van der Waals surface area (Å²) in [6, 6.07) is 80.6. The minimum Gasteiger partial charge on any atom is -0.344 e. The van der Waals surface area contributed by atoms with Crippen LogP contribution in [0.4, 0.5) is 0 Å². The molecule has 0 aliphatic carbocycles. The van der Waals surface area contributed by atoms with Crippen LogP contribution in [-0.4, -0.2) is 20.8 Å². The van der Waals surface area contributed by atoms with E-state index in [1.54, 1.807) is 0 Å². The summed E-state index contributed by atoms with van der Waals surface area (Å²) in [7, 11) is 0. The first-order valence-corrected chi connectivity index (χ1v) is 21.9. The number of nitrogens with zero attached hydrogens (tertiary/aromatic N) is 4. The van der Waals surface area contributed by atoms with E-state index in [1.165, 1.54) is 43.4 Å². The van der Waals surface area contributed by atoms with Crippen molar-refractivity contribution in [2.24, 2.45) is 9.98 Å². The topological polar surface area (TPSA) is 46.6 Å². The molecule has 0 spiro atoms. The molecule has 0 amide bonds. The lowest BCUT2D eigenvalue weighted by Crippen LogP contribution is -2.33. The zero-order valence-corrected chi connectivity index (χ0v) is 34.7. The van der Waals surface area contributed by atoms with Gasteiger partial charge in [-0.15, -0.1) is 0 Å². The molecule has 0 bridgehead atoms. The Bertz CT molecular complexity index is 3860. The van der Waals surface area contributed by atoms with Crippen LogP contribution in [0.3, 0.4) is 0 Å². The van der Waals surface area contributed by atoms with Gasteiger partial charge < -0.3 is 14.5 Å². The van der Waals surface area contributed by atoms with E-state index >= 15 is 0 Å². The quantitative estimate of drug-likeness (QED) is 0.178. The number of para-hydroxylation sites is 2. The molecule has 12 aromatic rings. The van der Waals surface area contributed by atoms with Crippen molar-refractivity contribution in [1.29, 1.82) is 0 Å². The number of benzene rings is 10. The van der Waals surface area contributed by atoms with Gasteiger partial charge in [0.15, 0.2) is 5.84 Å². The highest BCUT2D eigenvalue weighted by Gasteiger charge is 2.25. The number of aliphatic imine (C=N–C) groups is 2. The van der Waals surface area contributed by atoms with Crippen LogP contribution in [0, 0.1) is 0 Å². The third-order valence-electron chi connectivity index (χ3n) is 12.9. The number of hydrogen-bond acceptors (Lipinski definition) is 3. The largest absolute Gasteiger partial charge is 0.344 e. The third kappa shape index (κ3) is 5.79. The van der Waals surface area contributed by atoms with E-state index < -0.39 is 0 Å². The Balaban J connectivity index is 1.05. The van der Waals surface area contributed by atoms with E-state index in [0.29, 0.717) is 5.84 Å². The summed E-state index contributed by atoms with van der Waals surface area (Å²) in [4.78, 5) is 10.6. The van der Waals surface area contributed by atoms with Crippen molar-refractivity contribution in [3.63, 3.8) is 0 Å². The molecule has 1 aliphatic heterocycles. The number of hydrogen-bond donors (Lipinski definition) is 1. The lowest BCUT2D eigenvalue weighted by atomic mass is 10.0. The lowest BCUT2D eigenvalue weighted by Gasteiger charge is -2.25. The van der Waals surface area contributed by atoms with Gasteiger partial charge in [0.05, 0.1) is 27.8 Å². The Kier molecular flexibility index (Phi) is 8.21. The molecule has 64 heavy (non-hydrogen) atoms. The van der Waals surface area contributed by atoms with Crippen molar-refractivity contribution < 1.29 is 0 Å². The van der Waals surface area contributed by atoms with Gasteiger partial charge >= 0.3 is 0 Å². The van der Waals surface area contributed by atoms with E-state index in [-0.39, 0.29) is 6.17 Å². The first kappa shape index (κ1) is 36.1. The molecule has 1 aliphatic rings. The molecular weight excluding hydrogens is 779 g/mol. The molecule has 0 saturated carbocycles. The van der Waals surface area contributed by atoms with Crippen LogP contribution in [0.15, 0.2) is 234 Å². The molecule has 3 heterocycles. The Morgan fingerprint density at radius 1 is 0.375 bits per heavy atom. The molecule has 300 valence electrons. The van der Waals surface area contributed by atoms with E-state index in [9.17, 15) is 0 Å². The van der Waals surface area contributed by atoms with E-state index in [4.69, 9.17) is 9.98 Å². The second kappa shape index (κ2) is 14.5. The number of amidine groups is 2. The van der Waals surface area contributed by atoms with Crippen molar-refractivity contribution in [2.75, 3.05) is 0 Å². The van der Waals surface area contributed by atoms with Crippen molar-refractivity contribution in [1.82, 2.24) is 14.5 Å². The molecule has 1 unspecified atom stereocenters. The van der Waals surface area contributed by atoms with Gasteiger partial charge in [-0.1, -0.05) is 176 Å². The first-order chi connectivity index (χ1) is 31.7. The van der Waals surface area contributed by atoms with Crippen LogP contribution in [0.5, 0.6) is 0 Å². The zero-order valence-electron chi connectivity index (χ0n) is 34.7. The maximum Gasteiger partial charge on any atom is 0.159 e. The molecule has 1 atom stereocenters. The highest BCUT2D eigenvalue weighted by Crippen LogP contribution is 2.43. The molecule has 0 fully saturated rings. The summed E-state index contributed by atoms with van der Waals surface area (Å²) in [6.45, 7) is 0. The molecule has 10 aromatic carbocycles. The monoisotopic (exact) mass is 817 g/mol. The normalized spacial score (nSPS) is 14.1. The number of rotatable bonds is 6. The average Bonchev–Trinajstić information content (AvgIpc) is 3.88. The van der Waals surface area contributed by atoms with Gasteiger partial charge in [-0.2, -0.15) is 0 Å². The molecule has 5 heteroatoms. The van der Waals surface area contributed by atoms with Crippen molar-refractivity contribution in [3.05, 3.63) is 241 Å². The molecule has 1 N–H and O–H groups in total. The first-order valence-electron chi connectivity index (χ1n) is 21.9. The summed E-state index contributed by atoms with van der Waals surface area (Å²) in [5.41, 5.74) is 12.2. The van der Waals surface area contributed by atoms with Gasteiger partial charge in [-0.25, -0.2) is 9.98 Å². The van der Waals surface area contributed by atoms with Crippen LogP contribution in [0.1, 0.15) is 22.9 Å².